The van der Waals surface area contributed by atoms with E-state index in [0.717, 1.165) is 12.0 Å². The van der Waals surface area contributed by atoms with Crippen LogP contribution in [0.5, 0.6) is 5.75 Å². The molecule has 0 bridgehead atoms. The number of aliphatic hydroxyl groups excluding tert-OH is 1. The van der Waals surface area contributed by atoms with Gasteiger partial charge in [0.15, 0.2) is 0 Å². The van der Waals surface area contributed by atoms with E-state index in [9.17, 15) is 18.3 Å². The molecule has 4 rings (SSSR count). The zero-order valence-corrected chi connectivity index (χ0v) is 19.6. The predicted octanol–water partition coefficient (Wildman–Crippen LogP) is 2.06. The van der Waals surface area contributed by atoms with E-state index >= 15 is 0 Å². The van der Waals surface area contributed by atoms with Gasteiger partial charge in [0.1, 0.15) is 12.4 Å². The second-order valence-electron chi connectivity index (χ2n) is 8.89. The van der Waals surface area contributed by atoms with Gasteiger partial charge < -0.3 is 15.2 Å². The Hall–Kier alpha value is -2.46. The van der Waals surface area contributed by atoms with Crippen LogP contribution in [-0.4, -0.2) is 72.7 Å². The highest BCUT2D eigenvalue weighted by Gasteiger charge is 2.52. The lowest BCUT2D eigenvalue weighted by molar-refractivity contribution is -0.119. The molecule has 0 unspecified atom stereocenters. The Morgan fingerprint density at radius 2 is 1.85 bits per heavy atom. The Bertz CT molecular complexity index is 1060. The van der Waals surface area contributed by atoms with E-state index in [2.05, 4.69) is 5.32 Å². The minimum absolute atomic E-state index is 0.137. The van der Waals surface area contributed by atoms with E-state index in [0.29, 0.717) is 44.0 Å². The third-order valence-electron chi connectivity index (χ3n) is 6.53. The standard InChI is InChI=1S/C24H31N3O5S/c1-33(30,31)27-14-5-12-24(27)13-15-26(16-22(24)28)17-23(29)25-20-8-10-21(11-9-20)32-18-19-6-3-2-4-7-19/h2-4,6-11,22,28H,5,12-18H2,1H3,(H,25,29)/t22-,24-/m0/s1. The Morgan fingerprint density at radius 1 is 1.12 bits per heavy atom. The number of anilines is 1. The lowest BCUT2D eigenvalue weighted by Gasteiger charge is -2.47. The van der Waals surface area contributed by atoms with Crippen molar-refractivity contribution < 1.29 is 23.1 Å². The molecule has 2 aliphatic heterocycles. The molecule has 2 aliphatic rings. The van der Waals surface area contributed by atoms with E-state index in [1.807, 2.05) is 47.4 Å². The number of hydrogen-bond acceptors (Lipinski definition) is 6. The molecule has 2 saturated heterocycles. The summed E-state index contributed by atoms with van der Waals surface area (Å²) in [6.45, 7) is 1.89. The summed E-state index contributed by atoms with van der Waals surface area (Å²) < 4.78 is 31.6. The molecule has 0 radical (unpaired) electrons. The molecule has 1 spiro atoms. The number of nitrogens with one attached hydrogen (secondary N) is 1. The van der Waals surface area contributed by atoms with Crippen LogP contribution in [0, 0.1) is 0 Å². The summed E-state index contributed by atoms with van der Waals surface area (Å²) in [5, 5.41) is 13.7. The van der Waals surface area contributed by atoms with Gasteiger partial charge >= 0.3 is 0 Å². The third-order valence-corrected chi connectivity index (χ3v) is 7.88. The van der Waals surface area contributed by atoms with Crippen LogP contribution in [0.1, 0.15) is 24.8 Å². The van der Waals surface area contributed by atoms with Crippen molar-refractivity contribution in [3.05, 3.63) is 60.2 Å². The summed E-state index contributed by atoms with van der Waals surface area (Å²) in [5.41, 5.74) is 1.01. The molecule has 0 saturated carbocycles. The molecule has 33 heavy (non-hydrogen) atoms. The van der Waals surface area contributed by atoms with E-state index in [4.69, 9.17) is 4.74 Å². The highest BCUT2D eigenvalue weighted by Crippen LogP contribution is 2.40. The highest BCUT2D eigenvalue weighted by molar-refractivity contribution is 7.88. The van der Waals surface area contributed by atoms with Crippen LogP contribution >= 0.6 is 0 Å². The maximum absolute atomic E-state index is 12.5. The van der Waals surface area contributed by atoms with Crippen LogP contribution in [0.15, 0.2) is 54.6 Å². The van der Waals surface area contributed by atoms with Gasteiger partial charge in [0, 0.05) is 25.3 Å². The summed E-state index contributed by atoms with van der Waals surface area (Å²) in [6.07, 6.45) is 2.29. The van der Waals surface area contributed by atoms with Crippen LogP contribution in [0.3, 0.4) is 0 Å². The maximum atomic E-state index is 12.5. The fourth-order valence-corrected chi connectivity index (χ4v) is 6.33. The fraction of sp³-hybridized carbons (Fsp3) is 0.458. The van der Waals surface area contributed by atoms with Crippen molar-refractivity contribution in [3.8, 4) is 5.75 Å². The Morgan fingerprint density at radius 3 is 2.52 bits per heavy atom. The van der Waals surface area contributed by atoms with Crippen LogP contribution in [0.2, 0.25) is 0 Å². The van der Waals surface area contributed by atoms with Gasteiger partial charge in [-0.05, 0) is 49.1 Å². The van der Waals surface area contributed by atoms with Crippen molar-refractivity contribution in [2.75, 3.05) is 37.8 Å². The summed E-state index contributed by atoms with van der Waals surface area (Å²) in [7, 11) is -3.38. The van der Waals surface area contributed by atoms with Crippen LogP contribution in [0.4, 0.5) is 5.69 Å². The number of sulfonamides is 1. The average Bonchev–Trinajstić information content (AvgIpc) is 3.22. The summed E-state index contributed by atoms with van der Waals surface area (Å²) >= 11 is 0. The SMILES string of the molecule is CS(=O)(=O)N1CCC[C@@]12CCN(CC(=O)Nc1ccc(OCc3ccccc3)cc1)C[C@@H]2O. The van der Waals surface area contributed by atoms with Crippen LogP contribution in [-0.2, 0) is 21.4 Å². The first kappa shape index (κ1) is 23.7. The lowest BCUT2D eigenvalue weighted by Crippen LogP contribution is -2.63. The molecular weight excluding hydrogens is 442 g/mol. The number of amides is 1. The number of carbonyl (C=O) groups excluding carboxylic acids is 1. The number of likely N-dealkylation sites (tertiary alicyclic amines) is 1. The van der Waals surface area contributed by atoms with Crippen LogP contribution < -0.4 is 10.1 Å². The minimum Gasteiger partial charge on any atom is -0.489 e. The third kappa shape index (κ3) is 5.55. The number of β-amino-alcohol motifs (C(OH)–C–C–N with tert-alkyl or cyclic N) is 1. The van der Waals surface area contributed by atoms with Crippen molar-refractivity contribution in [1.29, 1.82) is 0 Å². The molecule has 9 heteroatoms. The molecule has 1 amide bonds. The smallest absolute Gasteiger partial charge is 0.238 e. The molecule has 0 aromatic heterocycles. The molecule has 2 aromatic rings. The summed E-state index contributed by atoms with van der Waals surface area (Å²) in [6, 6.07) is 17.1. The molecule has 8 nitrogen and oxygen atoms in total. The van der Waals surface area contributed by atoms with Gasteiger partial charge in [0.25, 0.3) is 0 Å². The average molecular weight is 474 g/mol. The van der Waals surface area contributed by atoms with Crippen molar-refractivity contribution in [2.24, 2.45) is 0 Å². The van der Waals surface area contributed by atoms with Crippen molar-refractivity contribution in [1.82, 2.24) is 9.21 Å². The first-order valence-electron chi connectivity index (χ1n) is 11.2. The quantitative estimate of drug-likeness (QED) is 0.639. The normalized spacial score (nSPS) is 24.1. The number of rotatable bonds is 7. The first-order chi connectivity index (χ1) is 15.8. The Kier molecular flexibility index (Phi) is 7.04. The first-order valence-corrected chi connectivity index (χ1v) is 13.1. The largest absolute Gasteiger partial charge is 0.489 e. The van der Waals surface area contributed by atoms with Gasteiger partial charge in [-0.3, -0.25) is 9.69 Å². The molecule has 2 fully saturated rings. The van der Waals surface area contributed by atoms with E-state index in [1.165, 1.54) is 10.6 Å². The van der Waals surface area contributed by atoms with E-state index in [1.54, 1.807) is 12.1 Å². The topological polar surface area (TPSA) is 99.2 Å². The highest BCUT2D eigenvalue weighted by atomic mass is 32.2. The second kappa shape index (κ2) is 9.80. The molecule has 2 atom stereocenters. The number of aliphatic hydroxyl groups is 1. The Balaban J connectivity index is 1.27. The van der Waals surface area contributed by atoms with Crippen molar-refractivity contribution in [2.45, 2.75) is 37.5 Å². The maximum Gasteiger partial charge on any atom is 0.238 e. The molecule has 2 heterocycles. The molecule has 0 aliphatic carbocycles. The summed E-state index contributed by atoms with van der Waals surface area (Å²) in [5.74, 6) is 0.538. The number of benzene rings is 2. The second-order valence-corrected chi connectivity index (χ2v) is 10.8. The van der Waals surface area contributed by atoms with Gasteiger partial charge in [0.2, 0.25) is 15.9 Å². The summed E-state index contributed by atoms with van der Waals surface area (Å²) in [4.78, 5) is 14.4. The van der Waals surface area contributed by atoms with Gasteiger partial charge in [-0.25, -0.2) is 8.42 Å². The van der Waals surface area contributed by atoms with E-state index < -0.39 is 21.7 Å². The number of carbonyl (C=O) groups is 1. The van der Waals surface area contributed by atoms with Crippen molar-refractivity contribution >= 4 is 21.6 Å². The number of ether oxygens (including phenoxy) is 1. The molecule has 2 N–H and O–H groups in total. The zero-order chi connectivity index (χ0) is 23.5. The number of hydrogen-bond donors (Lipinski definition) is 2. The van der Waals surface area contributed by atoms with Gasteiger partial charge in [-0.15, -0.1) is 0 Å². The minimum atomic E-state index is -3.38. The molecule has 178 valence electrons. The van der Waals surface area contributed by atoms with Gasteiger partial charge in [-0.2, -0.15) is 4.31 Å². The van der Waals surface area contributed by atoms with Crippen molar-refractivity contribution in [3.63, 3.8) is 0 Å². The predicted molar refractivity (Wildman–Crippen MR) is 126 cm³/mol. The fourth-order valence-electron chi connectivity index (χ4n) is 4.90. The van der Waals surface area contributed by atoms with E-state index in [-0.39, 0.29) is 19.0 Å². The molecular formula is C24H31N3O5S. The monoisotopic (exact) mass is 473 g/mol. The lowest BCUT2D eigenvalue weighted by atomic mass is 9.83. The van der Waals surface area contributed by atoms with Crippen LogP contribution in [0.25, 0.3) is 0 Å². The Labute approximate surface area is 195 Å². The number of piperidine rings is 1. The molecule has 2 aromatic carbocycles. The zero-order valence-electron chi connectivity index (χ0n) is 18.8. The number of nitrogens with zero attached hydrogens (tertiary/aromatic N) is 2. The van der Waals surface area contributed by atoms with Gasteiger partial charge in [-0.1, -0.05) is 30.3 Å². The van der Waals surface area contributed by atoms with Gasteiger partial charge in [0.05, 0.1) is 24.4 Å².